The largest absolute Gasteiger partial charge is 0.467 e. The molecule has 2 aromatic carbocycles. The molecule has 0 saturated carbocycles. The van der Waals surface area contributed by atoms with Crippen molar-refractivity contribution < 1.29 is 24.0 Å². The number of ether oxygens (including phenoxy) is 1. The molecule has 150 valence electrons. The van der Waals surface area contributed by atoms with Crippen LogP contribution in [0.1, 0.15) is 28.8 Å². The average Bonchev–Trinajstić information content (AvgIpc) is 2.96. The van der Waals surface area contributed by atoms with Crippen molar-refractivity contribution in [3.05, 3.63) is 74.2 Å². The standard InChI is InChI=1S/C20H17BrN2O6/c1-12(24)23-17-6-4-3-5-15(17)18(25)20(23,19(26)29-2)16(11-22(27)28)13-7-9-14(21)10-8-13/h3-10,16H,11H2,1-2H3/t16-,20+/m1/s1. The van der Waals surface area contributed by atoms with Crippen LogP contribution in [0.5, 0.6) is 0 Å². The van der Waals surface area contributed by atoms with Gasteiger partial charge < -0.3 is 4.74 Å². The summed E-state index contributed by atoms with van der Waals surface area (Å²) in [7, 11) is 1.09. The number of hydrogen-bond acceptors (Lipinski definition) is 6. The maximum Gasteiger partial charge on any atom is 0.341 e. The molecular formula is C20H17BrN2O6. The van der Waals surface area contributed by atoms with Gasteiger partial charge in [-0.1, -0.05) is 40.2 Å². The predicted octanol–water partition coefficient (Wildman–Crippen LogP) is 2.97. The number of rotatable bonds is 5. The molecule has 0 spiro atoms. The maximum atomic E-state index is 13.6. The normalized spacial score (nSPS) is 18.9. The fourth-order valence-corrected chi connectivity index (χ4v) is 4.16. The van der Waals surface area contributed by atoms with Gasteiger partial charge in [-0.25, -0.2) is 4.79 Å². The van der Waals surface area contributed by atoms with Gasteiger partial charge in [0.15, 0.2) is 0 Å². The lowest BCUT2D eigenvalue weighted by molar-refractivity contribution is -0.484. The van der Waals surface area contributed by atoms with E-state index in [0.717, 1.165) is 16.5 Å². The first-order valence-corrected chi connectivity index (χ1v) is 9.44. The zero-order valence-corrected chi connectivity index (χ0v) is 17.2. The van der Waals surface area contributed by atoms with Crippen LogP contribution in [0.15, 0.2) is 53.0 Å². The van der Waals surface area contributed by atoms with Crippen molar-refractivity contribution in [2.75, 3.05) is 18.6 Å². The molecular weight excluding hydrogens is 444 g/mol. The van der Waals surface area contributed by atoms with E-state index in [2.05, 4.69) is 15.9 Å². The molecule has 3 rings (SSSR count). The van der Waals surface area contributed by atoms with Crippen LogP contribution < -0.4 is 4.90 Å². The highest BCUT2D eigenvalue weighted by atomic mass is 79.9. The lowest BCUT2D eigenvalue weighted by Gasteiger charge is -2.38. The number of Topliss-reactive ketones (excluding diaryl/α,β-unsaturated/α-hetero) is 1. The molecule has 8 nitrogen and oxygen atoms in total. The minimum atomic E-state index is -2.22. The quantitative estimate of drug-likeness (QED) is 0.293. The van der Waals surface area contributed by atoms with Crippen LogP contribution in [0.2, 0.25) is 0 Å². The summed E-state index contributed by atoms with van der Waals surface area (Å²) in [4.78, 5) is 51.3. The summed E-state index contributed by atoms with van der Waals surface area (Å²) in [5.41, 5.74) is -1.49. The number of halogens is 1. The van der Waals surface area contributed by atoms with Crippen molar-refractivity contribution in [3.63, 3.8) is 0 Å². The van der Waals surface area contributed by atoms with E-state index in [1.807, 2.05) is 0 Å². The van der Waals surface area contributed by atoms with Crippen molar-refractivity contribution >= 4 is 39.3 Å². The summed E-state index contributed by atoms with van der Waals surface area (Å²) in [6.07, 6.45) is 0. The summed E-state index contributed by atoms with van der Waals surface area (Å²) in [5, 5.41) is 11.5. The van der Waals surface area contributed by atoms with Gasteiger partial charge in [0.25, 0.3) is 0 Å². The third-order valence-electron chi connectivity index (χ3n) is 5.01. The molecule has 2 aromatic rings. The van der Waals surface area contributed by atoms with Crippen molar-refractivity contribution in [1.82, 2.24) is 0 Å². The lowest BCUT2D eigenvalue weighted by Crippen LogP contribution is -2.63. The number of carbonyl (C=O) groups is 3. The van der Waals surface area contributed by atoms with Gasteiger partial charge in [0.05, 0.1) is 18.7 Å². The Morgan fingerprint density at radius 3 is 2.38 bits per heavy atom. The molecule has 0 unspecified atom stereocenters. The molecule has 0 bridgehead atoms. The maximum absolute atomic E-state index is 13.6. The number of para-hydroxylation sites is 1. The number of hydrogen-bond donors (Lipinski definition) is 0. The summed E-state index contributed by atoms with van der Waals surface area (Å²) < 4.78 is 5.66. The Bertz CT molecular complexity index is 1010. The van der Waals surface area contributed by atoms with Crippen molar-refractivity contribution in [2.45, 2.75) is 18.4 Å². The van der Waals surface area contributed by atoms with Gasteiger partial charge in [-0.05, 0) is 29.8 Å². The first kappa shape index (κ1) is 20.7. The third kappa shape index (κ3) is 3.21. The Kier molecular flexibility index (Phi) is 5.52. The fraction of sp³-hybridized carbons (Fsp3) is 0.250. The minimum Gasteiger partial charge on any atom is -0.467 e. The van der Waals surface area contributed by atoms with E-state index < -0.39 is 40.6 Å². The second-order valence-corrected chi connectivity index (χ2v) is 7.49. The smallest absolute Gasteiger partial charge is 0.341 e. The number of esters is 1. The summed E-state index contributed by atoms with van der Waals surface area (Å²) in [6.45, 7) is 0.456. The Morgan fingerprint density at radius 1 is 1.21 bits per heavy atom. The highest BCUT2D eigenvalue weighted by Gasteiger charge is 2.65. The first-order valence-electron chi connectivity index (χ1n) is 8.65. The molecule has 0 saturated heterocycles. The number of amides is 1. The highest BCUT2D eigenvalue weighted by Crippen LogP contribution is 2.47. The number of benzene rings is 2. The van der Waals surface area contributed by atoms with Gasteiger partial charge in [0.1, 0.15) is 0 Å². The average molecular weight is 461 g/mol. The van der Waals surface area contributed by atoms with E-state index in [0.29, 0.717) is 5.56 Å². The second-order valence-electron chi connectivity index (χ2n) is 6.58. The monoisotopic (exact) mass is 460 g/mol. The van der Waals surface area contributed by atoms with Crippen LogP contribution in [0.25, 0.3) is 0 Å². The van der Waals surface area contributed by atoms with Crippen molar-refractivity contribution in [3.8, 4) is 0 Å². The zero-order chi connectivity index (χ0) is 21.3. The number of anilines is 1. The minimum absolute atomic E-state index is 0.138. The molecule has 0 N–H and O–H groups in total. The molecule has 1 heterocycles. The number of fused-ring (bicyclic) bond motifs is 1. The summed E-state index contributed by atoms with van der Waals surface area (Å²) in [6, 6.07) is 12.7. The number of carbonyl (C=O) groups excluding carboxylic acids is 3. The second kappa shape index (κ2) is 7.75. The number of nitro groups is 1. The first-order chi connectivity index (χ1) is 13.7. The van der Waals surface area contributed by atoms with Gasteiger partial charge in [-0.2, -0.15) is 0 Å². The molecule has 0 aliphatic carbocycles. The van der Waals surface area contributed by atoms with Crippen LogP contribution in [-0.4, -0.2) is 41.8 Å². The topological polar surface area (TPSA) is 107 Å². The third-order valence-corrected chi connectivity index (χ3v) is 5.54. The number of methoxy groups -OCH3 is 1. The van der Waals surface area contributed by atoms with Gasteiger partial charge in [-0.15, -0.1) is 0 Å². The summed E-state index contributed by atoms with van der Waals surface area (Å²) >= 11 is 3.30. The van der Waals surface area contributed by atoms with Crippen LogP contribution in [0.3, 0.4) is 0 Å². The van der Waals surface area contributed by atoms with E-state index in [1.54, 1.807) is 36.4 Å². The predicted molar refractivity (Wildman–Crippen MR) is 107 cm³/mol. The molecule has 1 aliphatic heterocycles. The molecule has 0 fully saturated rings. The van der Waals surface area contributed by atoms with Gasteiger partial charge in [0.2, 0.25) is 23.8 Å². The number of nitrogens with zero attached hydrogens (tertiary/aromatic N) is 2. The SMILES string of the molecule is COC(=O)[C@]1([C@H](C[N+](=O)[O-])c2ccc(Br)cc2)C(=O)c2ccccc2N1C(C)=O. The van der Waals surface area contributed by atoms with Gasteiger partial charge in [-0.3, -0.25) is 24.6 Å². The lowest BCUT2D eigenvalue weighted by atomic mass is 9.75. The van der Waals surface area contributed by atoms with Crippen LogP contribution in [-0.2, 0) is 14.3 Å². The molecule has 1 aliphatic rings. The Hall–Kier alpha value is -3.07. The molecule has 29 heavy (non-hydrogen) atoms. The van der Waals surface area contributed by atoms with E-state index in [1.165, 1.54) is 19.1 Å². The van der Waals surface area contributed by atoms with E-state index in [9.17, 15) is 24.5 Å². The number of ketones is 1. The van der Waals surface area contributed by atoms with E-state index in [4.69, 9.17) is 4.74 Å². The molecule has 2 atom stereocenters. The van der Waals surface area contributed by atoms with Crippen molar-refractivity contribution in [2.24, 2.45) is 0 Å². The van der Waals surface area contributed by atoms with E-state index in [-0.39, 0.29) is 11.3 Å². The van der Waals surface area contributed by atoms with Crippen LogP contribution in [0, 0.1) is 10.1 Å². The fourth-order valence-electron chi connectivity index (χ4n) is 3.89. The summed E-state index contributed by atoms with van der Waals surface area (Å²) in [5.74, 6) is -3.59. The van der Waals surface area contributed by atoms with Gasteiger partial charge >= 0.3 is 5.97 Å². The molecule has 0 aromatic heterocycles. The van der Waals surface area contributed by atoms with Gasteiger partial charge in [0, 0.05) is 21.9 Å². The Balaban J connectivity index is 2.36. The molecule has 9 heteroatoms. The Morgan fingerprint density at radius 2 is 1.83 bits per heavy atom. The molecule has 0 radical (unpaired) electrons. The van der Waals surface area contributed by atoms with Crippen LogP contribution in [0.4, 0.5) is 5.69 Å². The zero-order valence-electron chi connectivity index (χ0n) is 15.6. The van der Waals surface area contributed by atoms with Crippen LogP contribution >= 0.6 is 15.9 Å². The Labute approximate surface area is 174 Å². The van der Waals surface area contributed by atoms with E-state index >= 15 is 0 Å². The highest BCUT2D eigenvalue weighted by molar-refractivity contribution is 9.10. The molecule has 1 amide bonds. The van der Waals surface area contributed by atoms with Crippen molar-refractivity contribution in [1.29, 1.82) is 0 Å².